The number of sulfone groups is 1. The molecule has 2 atom stereocenters. The zero-order chi connectivity index (χ0) is 18.9. The third kappa shape index (κ3) is 3.57. The number of rotatable bonds is 5. The molecule has 1 aliphatic rings. The summed E-state index contributed by atoms with van der Waals surface area (Å²) in [6, 6.07) is 7.58. The summed E-state index contributed by atoms with van der Waals surface area (Å²) in [6.45, 7) is 1.96. The van der Waals surface area contributed by atoms with Crippen molar-refractivity contribution in [2.45, 2.75) is 17.1 Å². The van der Waals surface area contributed by atoms with Gasteiger partial charge in [-0.25, -0.2) is 17.2 Å². The fourth-order valence-electron chi connectivity index (χ4n) is 3.06. The minimum Gasteiger partial charge on any atom is -0.490 e. The smallest absolute Gasteiger partial charge is 0.186 e. The van der Waals surface area contributed by atoms with Gasteiger partial charge in [0.15, 0.2) is 21.4 Å². The molecule has 0 saturated heterocycles. The van der Waals surface area contributed by atoms with Crippen LogP contribution in [0.2, 0.25) is 5.02 Å². The molecule has 3 rings (SSSR count). The highest BCUT2D eigenvalue weighted by Gasteiger charge is 2.43. The first-order chi connectivity index (χ1) is 12.4. The molecule has 0 N–H and O–H groups in total. The molecule has 1 aliphatic heterocycles. The summed E-state index contributed by atoms with van der Waals surface area (Å²) in [5.74, 6) is -1.12. The van der Waals surface area contributed by atoms with Gasteiger partial charge in [-0.3, -0.25) is 0 Å². The fraction of sp³-hybridized carbons (Fsp3) is 0.333. The van der Waals surface area contributed by atoms with Crippen LogP contribution in [-0.4, -0.2) is 26.5 Å². The van der Waals surface area contributed by atoms with Gasteiger partial charge in [-0.05, 0) is 42.2 Å². The van der Waals surface area contributed by atoms with Crippen LogP contribution in [0.25, 0.3) is 0 Å². The molecule has 0 aliphatic carbocycles. The standard InChI is InChI=1S/C18H17ClF2O3S2/c1-2-25-10-11-9-24-17-15(21)8-7-14(20)16(17)18(11)26(22,23)13-5-3-12(19)4-6-13/h3-8,11,18H,2,9-10H2,1H3. The van der Waals surface area contributed by atoms with Gasteiger partial charge in [0.25, 0.3) is 0 Å². The van der Waals surface area contributed by atoms with Crippen LogP contribution in [0.15, 0.2) is 41.3 Å². The average Bonchev–Trinajstić information content (AvgIpc) is 2.62. The average molecular weight is 419 g/mol. The Morgan fingerprint density at radius 1 is 1.15 bits per heavy atom. The largest absolute Gasteiger partial charge is 0.490 e. The summed E-state index contributed by atoms with van der Waals surface area (Å²) in [5, 5.41) is -0.825. The summed E-state index contributed by atoms with van der Waals surface area (Å²) in [4.78, 5) is 0.0231. The molecule has 0 spiro atoms. The van der Waals surface area contributed by atoms with Crippen molar-refractivity contribution in [1.82, 2.24) is 0 Å². The maximum Gasteiger partial charge on any atom is 0.186 e. The van der Waals surface area contributed by atoms with E-state index in [0.29, 0.717) is 10.8 Å². The van der Waals surface area contributed by atoms with E-state index in [1.54, 1.807) is 0 Å². The normalized spacial score (nSPS) is 19.7. The number of benzene rings is 2. The summed E-state index contributed by atoms with van der Waals surface area (Å²) < 4.78 is 60.7. The van der Waals surface area contributed by atoms with Crippen molar-refractivity contribution in [3.8, 4) is 5.75 Å². The minimum absolute atomic E-state index is 0.0118. The molecule has 0 aromatic heterocycles. The number of fused-ring (bicyclic) bond motifs is 1. The number of hydrogen-bond donors (Lipinski definition) is 0. The molecule has 3 nitrogen and oxygen atoms in total. The van der Waals surface area contributed by atoms with Gasteiger partial charge in [0, 0.05) is 16.7 Å². The van der Waals surface area contributed by atoms with Crippen molar-refractivity contribution < 1.29 is 21.9 Å². The predicted molar refractivity (Wildman–Crippen MR) is 99.7 cm³/mol. The van der Waals surface area contributed by atoms with Crippen LogP contribution in [0.1, 0.15) is 17.7 Å². The van der Waals surface area contributed by atoms with Gasteiger partial charge in [-0.15, -0.1) is 0 Å². The highest BCUT2D eigenvalue weighted by molar-refractivity contribution is 7.99. The van der Waals surface area contributed by atoms with Gasteiger partial charge >= 0.3 is 0 Å². The van der Waals surface area contributed by atoms with E-state index in [9.17, 15) is 17.2 Å². The fourth-order valence-corrected chi connectivity index (χ4v) is 6.15. The van der Waals surface area contributed by atoms with Gasteiger partial charge in [0.2, 0.25) is 0 Å². The molecule has 8 heteroatoms. The van der Waals surface area contributed by atoms with Crippen LogP contribution >= 0.6 is 23.4 Å². The van der Waals surface area contributed by atoms with E-state index in [1.807, 2.05) is 6.92 Å². The topological polar surface area (TPSA) is 43.4 Å². The van der Waals surface area contributed by atoms with Crippen molar-refractivity contribution in [1.29, 1.82) is 0 Å². The van der Waals surface area contributed by atoms with Crippen molar-refractivity contribution >= 4 is 33.2 Å². The van der Waals surface area contributed by atoms with Crippen LogP contribution in [0.5, 0.6) is 5.75 Å². The molecule has 0 amide bonds. The lowest BCUT2D eigenvalue weighted by atomic mass is 9.96. The molecule has 2 aromatic rings. The molecular weight excluding hydrogens is 402 g/mol. The first kappa shape index (κ1) is 19.5. The lowest BCUT2D eigenvalue weighted by molar-refractivity contribution is 0.215. The van der Waals surface area contributed by atoms with E-state index in [-0.39, 0.29) is 22.8 Å². The quantitative estimate of drug-likeness (QED) is 0.693. The van der Waals surface area contributed by atoms with Crippen LogP contribution < -0.4 is 4.74 Å². The molecule has 0 radical (unpaired) electrons. The second-order valence-corrected chi connectivity index (χ2v) is 9.75. The van der Waals surface area contributed by atoms with Crippen molar-refractivity contribution in [3.63, 3.8) is 0 Å². The summed E-state index contributed by atoms with van der Waals surface area (Å²) in [6.07, 6.45) is 0. The Kier molecular flexibility index (Phi) is 5.79. The van der Waals surface area contributed by atoms with E-state index in [2.05, 4.69) is 0 Å². The molecule has 140 valence electrons. The highest BCUT2D eigenvalue weighted by atomic mass is 35.5. The molecule has 2 unspecified atom stereocenters. The van der Waals surface area contributed by atoms with E-state index < -0.39 is 32.6 Å². The molecule has 0 saturated carbocycles. The predicted octanol–water partition coefficient (Wildman–Crippen LogP) is 4.89. The number of ether oxygens (including phenoxy) is 1. The van der Waals surface area contributed by atoms with Crippen LogP contribution in [0, 0.1) is 17.6 Å². The van der Waals surface area contributed by atoms with Gasteiger partial charge in [-0.1, -0.05) is 18.5 Å². The molecule has 0 bridgehead atoms. The Morgan fingerprint density at radius 2 is 1.81 bits per heavy atom. The maximum absolute atomic E-state index is 14.6. The zero-order valence-corrected chi connectivity index (χ0v) is 16.3. The van der Waals surface area contributed by atoms with E-state index in [4.69, 9.17) is 16.3 Å². The third-order valence-electron chi connectivity index (χ3n) is 4.26. The molecule has 2 aromatic carbocycles. The highest BCUT2D eigenvalue weighted by Crippen LogP contribution is 2.46. The SMILES string of the molecule is CCSCC1COc2c(F)ccc(F)c2C1S(=O)(=O)c1ccc(Cl)cc1. The Labute approximate surface area is 160 Å². The van der Waals surface area contributed by atoms with E-state index in [0.717, 1.165) is 17.9 Å². The van der Waals surface area contributed by atoms with Crippen LogP contribution in [0.4, 0.5) is 8.78 Å². The van der Waals surface area contributed by atoms with Crippen LogP contribution in [-0.2, 0) is 9.84 Å². The zero-order valence-electron chi connectivity index (χ0n) is 13.9. The van der Waals surface area contributed by atoms with Crippen molar-refractivity contribution in [2.75, 3.05) is 18.1 Å². The second kappa shape index (κ2) is 7.74. The monoisotopic (exact) mass is 418 g/mol. The first-order valence-electron chi connectivity index (χ1n) is 8.04. The Bertz CT molecular complexity index is 901. The third-order valence-corrected chi connectivity index (χ3v) is 7.80. The summed E-state index contributed by atoms with van der Waals surface area (Å²) >= 11 is 7.38. The summed E-state index contributed by atoms with van der Waals surface area (Å²) in [7, 11) is -3.97. The minimum atomic E-state index is -3.97. The summed E-state index contributed by atoms with van der Waals surface area (Å²) in [5.41, 5.74) is -0.229. The van der Waals surface area contributed by atoms with Gasteiger partial charge < -0.3 is 4.74 Å². The van der Waals surface area contributed by atoms with Crippen molar-refractivity contribution in [2.24, 2.45) is 5.92 Å². The Morgan fingerprint density at radius 3 is 2.46 bits per heavy atom. The second-order valence-electron chi connectivity index (χ2n) is 5.92. The number of thioether (sulfide) groups is 1. The van der Waals surface area contributed by atoms with Crippen molar-refractivity contribution in [3.05, 3.63) is 58.6 Å². The Hall–Kier alpha value is -1.31. The number of halogens is 3. The van der Waals surface area contributed by atoms with Gasteiger partial charge in [0.1, 0.15) is 11.1 Å². The maximum atomic E-state index is 14.6. The Balaban J connectivity index is 2.16. The first-order valence-corrected chi connectivity index (χ1v) is 11.1. The molecule has 0 fully saturated rings. The van der Waals surface area contributed by atoms with E-state index in [1.165, 1.54) is 36.0 Å². The lowest BCUT2D eigenvalue weighted by Gasteiger charge is -2.33. The number of hydrogen-bond acceptors (Lipinski definition) is 4. The molecule has 1 heterocycles. The molecule has 26 heavy (non-hydrogen) atoms. The lowest BCUT2D eigenvalue weighted by Crippen LogP contribution is -2.34. The van der Waals surface area contributed by atoms with E-state index >= 15 is 0 Å². The molecular formula is C18H17ClF2O3S2. The van der Waals surface area contributed by atoms with Gasteiger partial charge in [0.05, 0.1) is 17.1 Å². The van der Waals surface area contributed by atoms with Crippen LogP contribution in [0.3, 0.4) is 0 Å². The van der Waals surface area contributed by atoms with Gasteiger partial charge in [-0.2, -0.15) is 11.8 Å².